The van der Waals surface area contributed by atoms with E-state index in [-0.39, 0.29) is 17.7 Å². The van der Waals surface area contributed by atoms with Crippen LogP contribution in [0.1, 0.15) is 31.7 Å². The van der Waals surface area contributed by atoms with Crippen molar-refractivity contribution in [1.82, 2.24) is 15.2 Å². The van der Waals surface area contributed by atoms with E-state index in [9.17, 15) is 9.59 Å². The number of ether oxygens (including phenoxy) is 1. The first-order valence-electron chi connectivity index (χ1n) is 10.8. The van der Waals surface area contributed by atoms with Crippen LogP contribution in [-0.2, 0) is 20.7 Å². The summed E-state index contributed by atoms with van der Waals surface area (Å²) in [5.74, 6) is 0.148. The van der Waals surface area contributed by atoms with Gasteiger partial charge in [0.2, 0.25) is 5.91 Å². The van der Waals surface area contributed by atoms with Gasteiger partial charge >= 0.3 is 0 Å². The van der Waals surface area contributed by atoms with E-state index in [1.807, 2.05) is 36.1 Å². The molecule has 1 saturated carbocycles. The highest BCUT2D eigenvalue weighted by Crippen LogP contribution is 2.31. The second-order valence-electron chi connectivity index (χ2n) is 8.20. The van der Waals surface area contributed by atoms with Crippen molar-refractivity contribution in [3.05, 3.63) is 54.4 Å². The molecule has 30 heavy (non-hydrogen) atoms. The summed E-state index contributed by atoms with van der Waals surface area (Å²) in [5, 5.41) is 2.92. The van der Waals surface area contributed by atoms with Crippen molar-refractivity contribution < 1.29 is 14.3 Å². The Morgan fingerprint density at radius 1 is 1.13 bits per heavy atom. The molecule has 2 heterocycles. The minimum absolute atomic E-state index is 0.120. The van der Waals surface area contributed by atoms with E-state index >= 15 is 0 Å². The van der Waals surface area contributed by atoms with Crippen LogP contribution in [0.25, 0.3) is 11.1 Å². The average Bonchev–Trinajstić information content (AvgIpc) is 2.74. The number of morpholine rings is 1. The van der Waals surface area contributed by atoms with E-state index in [1.54, 1.807) is 12.4 Å². The Kier molecular flexibility index (Phi) is 6.13. The number of amides is 2. The van der Waals surface area contributed by atoms with Crippen LogP contribution >= 0.6 is 0 Å². The number of hydrogen-bond donors (Lipinski definition) is 1. The number of likely N-dealkylation sites (N-methyl/N-ethyl adjacent to an activating group) is 1. The first kappa shape index (κ1) is 20.5. The van der Waals surface area contributed by atoms with Crippen molar-refractivity contribution in [3.8, 4) is 11.1 Å². The van der Waals surface area contributed by atoms with Gasteiger partial charge in [-0.3, -0.25) is 14.6 Å². The molecule has 1 aliphatic carbocycles. The molecule has 1 N–H and O–H groups in total. The molecule has 4 rings (SSSR count). The largest absolute Gasteiger partial charge is 0.361 e. The van der Waals surface area contributed by atoms with E-state index < -0.39 is 5.60 Å². The number of rotatable bonds is 6. The van der Waals surface area contributed by atoms with Gasteiger partial charge in [-0.05, 0) is 48.6 Å². The van der Waals surface area contributed by atoms with Gasteiger partial charge in [0.25, 0.3) is 5.91 Å². The predicted octanol–water partition coefficient (Wildman–Crippen LogP) is 2.82. The van der Waals surface area contributed by atoms with Crippen molar-refractivity contribution in [3.63, 3.8) is 0 Å². The summed E-state index contributed by atoms with van der Waals surface area (Å²) in [7, 11) is 0. The van der Waals surface area contributed by atoms with Gasteiger partial charge in [0, 0.05) is 37.8 Å². The summed E-state index contributed by atoms with van der Waals surface area (Å²) >= 11 is 0. The summed E-state index contributed by atoms with van der Waals surface area (Å²) in [6.07, 6.45) is 7.02. The fraction of sp³-hybridized carbons (Fsp3) is 0.458. The topological polar surface area (TPSA) is 71.5 Å². The quantitative estimate of drug-likeness (QED) is 0.799. The molecule has 6 nitrogen and oxygen atoms in total. The molecule has 2 fully saturated rings. The number of pyridine rings is 1. The summed E-state index contributed by atoms with van der Waals surface area (Å²) in [6, 6.07) is 12.1. The lowest BCUT2D eigenvalue weighted by atomic mass is 9.83. The number of carbonyl (C=O) groups excluding carboxylic acids is 2. The van der Waals surface area contributed by atoms with Gasteiger partial charge in [0.15, 0.2) is 5.60 Å². The van der Waals surface area contributed by atoms with Crippen LogP contribution in [0.2, 0.25) is 0 Å². The van der Waals surface area contributed by atoms with Crippen molar-refractivity contribution in [2.24, 2.45) is 5.92 Å². The normalized spacial score (nSPS) is 21.7. The van der Waals surface area contributed by atoms with Gasteiger partial charge in [0.05, 0.1) is 13.2 Å². The first-order valence-corrected chi connectivity index (χ1v) is 10.8. The van der Waals surface area contributed by atoms with Gasteiger partial charge in [-0.15, -0.1) is 0 Å². The first-order chi connectivity index (χ1) is 14.6. The van der Waals surface area contributed by atoms with Crippen LogP contribution in [0.3, 0.4) is 0 Å². The lowest BCUT2D eigenvalue weighted by Gasteiger charge is -2.43. The molecular weight excluding hydrogens is 378 g/mol. The Bertz CT molecular complexity index is 880. The minimum Gasteiger partial charge on any atom is -0.361 e. The molecule has 1 aromatic carbocycles. The second kappa shape index (κ2) is 8.96. The number of nitrogens with zero attached hydrogens (tertiary/aromatic N) is 2. The Balaban J connectivity index is 1.54. The van der Waals surface area contributed by atoms with Gasteiger partial charge in [-0.25, -0.2) is 0 Å². The van der Waals surface area contributed by atoms with E-state index in [0.717, 1.165) is 36.0 Å². The van der Waals surface area contributed by atoms with Crippen LogP contribution in [0.4, 0.5) is 0 Å². The zero-order valence-corrected chi connectivity index (χ0v) is 17.5. The molecule has 0 unspecified atom stereocenters. The third-order valence-corrected chi connectivity index (χ3v) is 6.16. The molecule has 1 aromatic heterocycles. The van der Waals surface area contributed by atoms with Gasteiger partial charge in [-0.1, -0.05) is 30.7 Å². The van der Waals surface area contributed by atoms with E-state index in [4.69, 9.17) is 4.74 Å². The van der Waals surface area contributed by atoms with Crippen molar-refractivity contribution >= 4 is 11.8 Å². The Morgan fingerprint density at radius 3 is 2.47 bits per heavy atom. The maximum Gasteiger partial charge on any atom is 0.254 e. The molecule has 2 amide bonds. The smallest absolute Gasteiger partial charge is 0.254 e. The average molecular weight is 408 g/mol. The summed E-state index contributed by atoms with van der Waals surface area (Å²) in [4.78, 5) is 31.8. The monoisotopic (exact) mass is 407 g/mol. The Labute approximate surface area is 177 Å². The van der Waals surface area contributed by atoms with E-state index in [1.165, 1.54) is 0 Å². The molecule has 0 radical (unpaired) electrons. The van der Waals surface area contributed by atoms with Gasteiger partial charge in [0.1, 0.15) is 0 Å². The minimum atomic E-state index is -1.05. The predicted molar refractivity (Wildman–Crippen MR) is 115 cm³/mol. The van der Waals surface area contributed by atoms with Crippen molar-refractivity contribution in [2.75, 3.05) is 26.2 Å². The molecule has 158 valence electrons. The number of nitrogens with one attached hydrogen (secondary N) is 1. The summed E-state index contributed by atoms with van der Waals surface area (Å²) < 4.78 is 6.10. The molecule has 2 aliphatic rings. The second-order valence-corrected chi connectivity index (χ2v) is 8.20. The van der Waals surface area contributed by atoms with Crippen LogP contribution < -0.4 is 5.32 Å². The van der Waals surface area contributed by atoms with Crippen LogP contribution in [0.15, 0.2) is 48.8 Å². The lowest BCUT2D eigenvalue weighted by Crippen LogP contribution is -2.62. The molecular formula is C24H29N3O3. The van der Waals surface area contributed by atoms with Crippen molar-refractivity contribution in [2.45, 2.75) is 38.2 Å². The van der Waals surface area contributed by atoms with Crippen LogP contribution in [0, 0.1) is 5.92 Å². The number of aromatic nitrogens is 1. The van der Waals surface area contributed by atoms with E-state index in [2.05, 4.69) is 22.4 Å². The fourth-order valence-electron chi connectivity index (χ4n) is 4.22. The Morgan fingerprint density at radius 2 is 1.83 bits per heavy atom. The molecule has 1 aliphatic heterocycles. The van der Waals surface area contributed by atoms with E-state index in [0.29, 0.717) is 32.7 Å². The molecule has 2 aromatic rings. The maximum absolute atomic E-state index is 13.1. The van der Waals surface area contributed by atoms with Gasteiger partial charge in [-0.2, -0.15) is 0 Å². The molecule has 0 bridgehead atoms. The van der Waals surface area contributed by atoms with Gasteiger partial charge < -0.3 is 15.0 Å². The highest BCUT2D eigenvalue weighted by atomic mass is 16.5. The highest BCUT2D eigenvalue weighted by molar-refractivity contribution is 5.88. The fourth-order valence-corrected chi connectivity index (χ4v) is 4.22. The SMILES string of the molecule is CCNC(=O)[C@]1(Cc2ccc(-c3ccncc3)cc2)CN(C(=O)C2CCC2)CCO1. The van der Waals surface area contributed by atoms with Crippen LogP contribution in [-0.4, -0.2) is 53.5 Å². The number of hydrogen-bond acceptors (Lipinski definition) is 4. The molecule has 6 heteroatoms. The summed E-state index contributed by atoms with van der Waals surface area (Å²) in [5.41, 5.74) is 2.16. The lowest BCUT2D eigenvalue weighted by molar-refractivity contribution is -0.168. The standard InChI is InChI=1S/C24H29N3O3/c1-2-26-23(29)24(17-27(14-15-30-24)22(28)21-4-3-5-21)16-18-6-8-19(9-7-18)20-10-12-25-13-11-20/h6-13,21H,2-5,14-17H2,1H3,(H,26,29)/t24-/m0/s1. The summed E-state index contributed by atoms with van der Waals surface area (Å²) in [6.45, 7) is 3.67. The highest BCUT2D eigenvalue weighted by Gasteiger charge is 2.46. The molecule has 1 atom stereocenters. The third kappa shape index (κ3) is 4.24. The zero-order valence-electron chi connectivity index (χ0n) is 17.5. The third-order valence-electron chi connectivity index (χ3n) is 6.16. The Hall–Kier alpha value is -2.73. The van der Waals surface area contributed by atoms with Crippen molar-refractivity contribution in [1.29, 1.82) is 0 Å². The zero-order chi connectivity index (χ0) is 21.0. The molecule has 0 spiro atoms. The number of benzene rings is 1. The van der Waals surface area contributed by atoms with Crippen LogP contribution in [0.5, 0.6) is 0 Å². The molecule has 1 saturated heterocycles. The number of carbonyl (C=O) groups is 2. The maximum atomic E-state index is 13.1.